The summed E-state index contributed by atoms with van der Waals surface area (Å²) in [4.78, 5) is 27.7. The highest BCUT2D eigenvalue weighted by molar-refractivity contribution is 6.06. The van der Waals surface area contributed by atoms with E-state index in [4.69, 9.17) is 4.98 Å². The zero-order chi connectivity index (χ0) is 23.8. The fourth-order valence-electron chi connectivity index (χ4n) is 4.50. The highest BCUT2D eigenvalue weighted by Gasteiger charge is 2.24. The van der Waals surface area contributed by atoms with Crippen LogP contribution in [0.5, 0.6) is 0 Å². The van der Waals surface area contributed by atoms with Crippen molar-refractivity contribution >= 4 is 34.3 Å². The van der Waals surface area contributed by atoms with E-state index in [9.17, 15) is 4.79 Å². The van der Waals surface area contributed by atoms with Gasteiger partial charge in [0, 0.05) is 42.2 Å². The van der Waals surface area contributed by atoms with Crippen LogP contribution in [0, 0.1) is 13.8 Å². The van der Waals surface area contributed by atoms with Crippen LogP contribution in [0.3, 0.4) is 0 Å². The summed E-state index contributed by atoms with van der Waals surface area (Å²) in [6, 6.07) is 7.73. The number of benzene rings is 1. The zero-order valence-electron chi connectivity index (χ0n) is 20.0. The molecule has 4 aromatic rings. The van der Waals surface area contributed by atoms with Crippen molar-refractivity contribution in [3.05, 3.63) is 47.9 Å². The van der Waals surface area contributed by atoms with Gasteiger partial charge in [-0.1, -0.05) is 12.1 Å². The summed E-state index contributed by atoms with van der Waals surface area (Å²) in [5, 5.41) is 11.7. The van der Waals surface area contributed by atoms with E-state index in [2.05, 4.69) is 30.6 Å². The molecule has 1 unspecified atom stereocenters. The van der Waals surface area contributed by atoms with Crippen LogP contribution in [0.1, 0.15) is 31.0 Å². The maximum absolute atomic E-state index is 12.9. The number of aromatic amines is 1. The number of hydrogen-bond donors (Lipinski definition) is 3. The van der Waals surface area contributed by atoms with Crippen LogP contribution >= 0.6 is 0 Å². The number of carbonyl (C=O) groups is 1. The van der Waals surface area contributed by atoms with Gasteiger partial charge in [0.25, 0.3) is 0 Å². The Morgan fingerprint density at radius 1 is 1.21 bits per heavy atom. The van der Waals surface area contributed by atoms with Gasteiger partial charge in [-0.15, -0.1) is 0 Å². The van der Waals surface area contributed by atoms with Crippen LogP contribution in [-0.2, 0) is 11.8 Å². The van der Waals surface area contributed by atoms with E-state index in [1.807, 2.05) is 64.5 Å². The first kappa shape index (κ1) is 22.1. The van der Waals surface area contributed by atoms with Crippen molar-refractivity contribution in [2.75, 3.05) is 23.7 Å². The van der Waals surface area contributed by atoms with Gasteiger partial charge < -0.3 is 15.6 Å². The van der Waals surface area contributed by atoms with Gasteiger partial charge in [0.2, 0.25) is 11.9 Å². The van der Waals surface area contributed by atoms with Crippen molar-refractivity contribution in [1.82, 2.24) is 29.6 Å². The second-order valence-corrected chi connectivity index (χ2v) is 8.98. The maximum Gasteiger partial charge on any atom is 0.241 e. The molecule has 34 heavy (non-hydrogen) atoms. The van der Waals surface area contributed by atoms with Crippen LogP contribution in [0.4, 0.5) is 17.5 Å². The van der Waals surface area contributed by atoms with Crippen molar-refractivity contribution in [2.24, 2.45) is 7.05 Å². The number of aryl methyl sites for hydroxylation is 3. The molecule has 0 bridgehead atoms. The summed E-state index contributed by atoms with van der Waals surface area (Å²) in [6.45, 7) is 7.92. The molecule has 1 fully saturated rings. The average Bonchev–Trinajstić information content (AvgIpc) is 3.56. The molecule has 9 heteroatoms. The van der Waals surface area contributed by atoms with Gasteiger partial charge in [-0.25, -0.2) is 9.97 Å². The largest absolute Gasteiger partial charge is 0.359 e. The molecule has 0 saturated carbocycles. The lowest BCUT2D eigenvalue weighted by molar-refractivity contribution is -0.120. The monoisotopic (exact) mass is 458 g/mol. The predicted molar refractivity (Wildman–Crippen MR) is 134 cm³/mol. The van der Waals surface area contributed by atoms with Crippen LogP contribution in [-0.4, -0.2) is 54.7 Å². The lowest BCUT2D eigenvalue weighted by atomic mass is 10.1. The molecule has 1 atom stereocenters. The molecule has 0 radical (unpaired) electrons. The van der Waals surface area contributed by atoms with Crippen molar-refractivity contribution in [3.8, 4) is 11.3 Å². The number of hydrogen-bond acceptors (Lipinski definition) is 6. The Morgan fingerprint density at radius 3 is 2.74 bits per heavy atom. The molecule has 0 aliphatic carbocycles. The second kappa shape index (κ2) is 8.90. The van der Waals surface area contributed by atoms with E-state index in [1.165, 1.54) is 0 Å². The highest BCUT2D eigenvalue weighted by Crippen LogP contribution is 2.33. The Kier molecular flexibility index (Phi) is 5.79. The van der Waals surface area contributed by atoms with Crippen molar-refractivity contribution in [2.45, 2.75) is 39.7 Å². The lowest BCUT2D eigenvalue weighted by Gasteiger charge is -2.22. The Morgan fingerprint density at radius 2 is 2.00 bits per heavy atom. The molecule has 1 aromatic carbocycles. The Balaban J connectivity index is 1.44. The molecule has 1 saturated heterocycles. The molecule has 176 valence electrons. The molecule has 9 nitrogen and oxygen atoms in total. The summed E-state index contributed by atoms with van der Waals surface area (Å²) in [6.07, 6.45) is 6.06. The van der Waals surface area contributed by atoms with E-state index in [0.717, 1.165) is 65.0 Å². The third-order valence-electron chi connectivity index (χ3n) is 6.62. The van der Waals surface area contributed by atoms with E-state index >= 15 is 0 Å². The number of para-hydroxylation sites is 1. The second-order valence-electron chi connectivity index (χ2n) is 8.98. The van der Waals surface area contributed by atoms with Crippen LogP contribution in [0.25, 0.3) is 22.2 Å². The number of aromatic nitrogens is 5. The first-order valence-electron chi connectivity index (χ1n) is 11.7. The molecule has 1 amide bonds. The molecule has 3 N–H and O–H groups in total. The average molecular weight is 459 g/mol. The number of likely N-dealkylation sites (tertiary alicyclic amines) is 1. The molecule has 0 spiro atoms. The number of nitrogens with zero attached hydrogens (tertiary/aromatic N) is 5. The van der Waals surface area contributed by atoms with Gasteiger partial charge in [0.1, 0.15) is 0 Å². The molecule has 5 rings (SSSR count). The van der Waals surface area contributed by atoms with Gasteiger partial charge in [-0.3, -0.25) is 14.4 Å². The summed E-state index contributed by atoms with van der Waals surface area (Å²) < 4.78 is 1.80. The molecule has 3 aromatic heterocycles. The predicted octanol–water partition coefficient (Wildman–Crippen LogP) is 4.14. The first-order chi connectivity index (χ1) is 16.4. The normalized spacial score (nSPS) is 15.1. The maximum atomic E-state index is 12.9. The molecule has 4 heterocycles. The lowest BCUT2D eigenvalue weighted by Crippen LogP contribution is -2.40. The Bertz CT molecular complexity index is 1330. The topological polar surface area (TPSA) is 104 Å². The van der Waals surface area contributed by atoms with E-state index in [1.54, 1.807) is 4.68 Å². The van der Waals surface area contributed by atoms with E-state index < -0.39 is 0 Å². The smallest absolute Gasteiger partial charge is 0.241 e. The number of H-pyrrole nitrogens is 1. The van der Waals surface area contributed by atoms with Gasteiger partial charge in [-0.05, 0) is 58.3 Å². The third kappa shape index (κ3) is 4.14. The van der Waals surface area contributed by atoms with Crippen LogP contribution in [0.15, 0.2) is 36.7 Å². The van der Waals surface area contributed by atoms with Gasteiger partial charge in [-0.2, -0.15) is 5.10 Å². The highest BCUT2D eigenvalue weighted by atomic mass is 16.2. The minimum absolute atomic E-state index is 0.0147. The van der Waals surface area contributed by atoms with Gasteiger partial charge >= 0.3 is 0 Å². The summed E-state index contributed by atoms with van der Waals surface area (Å²) in [7, 11) is 1.90. The standard InChI is InChI=1S/C25H30N8O/c1-15-13-27-25(29-21-12-16(2)32(4)31-21)30-22(15)19-14-26-23-18(19)8-7-9-20(23)28-24(34)17(3)33-10-5-6-11-33/h7-9,12-14,17,26H,5-6,10-11H2,1-4H3,(H,28,34)(H,27,29,30,31). The number of nitrogens with one attached hydrogen (secondary N) is 3. The molecule has 1 aliphatic rings. The number of carbonyl (C=O) groups excluding carboxylic acids is 1. The van der Waals surface area contributed by atoms with Crippen molar-refractivity contribution in [3.63, 3.8) is 0 Å². The molecular formula is C25H30N8O. The fourth-order valence-corrected chi connectivity index (χ4v) is 4.50. The van der Waals surface area contributed by atoms with Gasteiger partial charge in [0.15, 0.2) is 5.82 Å². The van der Waals surface area contributed by atoms with Crippen LogP contribution < -0.4 is 10.6 Å². The quantitative estimate of drug-likeness (QED) is 0.401. The minimum atomic E-state index is -0.153. The number of rotatable bonds is 6. The molecular weight excluding hydrogens is 428 g/mol. The third-order valence-corrected chi connectivity index (χ3v) is 6.62. The van der Waals surface area contributed by atoms with E-state index in [0.29, 0.717) is 11.8 Å². The minimum Gasteiger partial charge on any atom is -0.359 e. The fraction of sp³-hybridized carbons (Fsp3) is 0.360. The van der Waals surface area contributed by atoms with Crippen molar-refractivity contribution in [1.29, 1.82) is 0 Å². The summed E-state index contributed by atoms with van der Waals surface area (Å²) >= 11 is 0. The zero-order valence-corrected chi connectivity index (χ0v) is 20.0. The molecule has 1 aliphatic heterocycles. The van der Waals surface area contributed by atoms with E-state index in [-0.39, 0.29) is 11.9 Å². The SMILES string of the molecule is Cc1cnc(Nc2cc(C)n(C)n2)nc1-c1c[nH]c2c(NC(=O)C(C)N3CCCC3)cccc12. The first-order valence-corrected chi connectivity index (χ1v) is 11.7. The summed E-state index contributed by atoms with van der Waals surface area (Å²) in [5.74, 6) is 1.20. The Labute approximate surface area is 198 Å². The number of anilines is 3. The van der Waals surface area contributed by atoms with Crippen molar-refractivity contribution < 1.29 is 4.79 Å². The number of amides is 1. The Hall–Kier alpha value is -3.72. The van der Waals surface area contributed by atoms with Gasteiger partial charge in [0.05, 0.1) is 22.9 Å². The summed E-state index contributed by atoms with van der Waals surface area (Å²) in [5.41, 5.74) is 5.44. The number of fused-ring (bicyclic) bond motifs is 1. The van der Waals surface area contributed by atoms with Crippen LogP contribution in [0.2, 0.25) is 0 Å².